The van der Waals surface area contributed by atoms with Crippen molar-refractivity contribution < 1.29 is 14.6 Å². The first kappa shape index (κ1) is 13.1. The molecule has 0 radical (unpaired) electrons. The van der Waals surface area contributed by atoms with Crippen LogP contribution in [0.15, 0.2) is 30.3 Å². The molecule has 19 heavy (non-hydrogen) atoms. The molecule has 0 bridgehead atoms. The quantitative estimate of drug-likeness (QED) is 0.918. The Kier molecular flexibility index (Phi) is 3.55. The highest BCUT2D eigenvalue weighted by Crippen LogP contribution is 2.23. The molecule has 0 aliphatic rings. The predicted octanol–water partition coefficient (Wildman–Crippen LogP) is 2.84. The zero-order valence-electron chi connectivity index (χ0n) is 11.1. The van der Waals surface area contributed by atoms with E-state index >= 15 is 0 Å². The molecule has 1 heterocycles. The number of nitrogens with zero attached hydrogens (tertiary/aromatic N) is 2. The molecule has 2 rings (SSSR count). The van der Waals surface area contributed by atoms with Gasteiger partial charge in [-0.15, -0.1) is 0 Å². The van der Waals surface area contributed by atoms with Gasteiger partial charge in [-0.05, 0) is 44.2 Å². The van der Waals surface area contributed by atoms with Crippen LogP contribution in [-0.2, 0) is 0 Å². The topological polar surface area (TPSA) is 64.3 Å². The lowest BCUT2D eigenvalue weighted by Crippen LogP contribution is -2.11. The van der Waals surface area contributed by atoms with Crippen molar-refractivity contribution in [3.05, 3.63) is 36.0 Å². The van der Waals surface area contributed by atoms with Crippen LogP contribution in [0.1, 0.15) is 30.4 Å². The van der Waals surface area contributed by atoms with E-state index in [-0.39, 0.29) is 11.7 Å². The van der Waals surface area contributed by atoms with Crippen molar-refractivity contribution in [2.45, 2.75) is 19.9 Å². The highest BCUT2D eigenvalue weighted by atomic mass is 16.5. The normalized spacial score (nSPS) is 10.7. The minimum atomic E-state index is -0.971. The number of aromatic nitrogens is 2. The van der Waals surface area contributed by atoms with Crippen LogP contribution >= 0.6 is 0 Å². The van der Waals surface area contributed by atoms with E-state index in [0.29, 0.717) is 5.69 Å². The van der Waals surface area contributed by atoms with Crippen LogP contribution in [0.5, 0.6) is 5.75 Å². The summed E-state index contributed by atoms with van der Waals surface area (Å²) in [5.74, 6) is -0.216. The first-order valence-corrected chi connectivity index (χ1v) is 6.00. The van der Waals surface area contributed by atoms with Crippen LogP contribution in [0, 0.1) is 0 Å². The van der Waals surface area contributed by atoms with Crippen molar-refractivity contribution in [1.29, 1.82) is 0 Å². The van der Waals surface area contributed by atoms with Crippen molar-refractivity contribution in [2.75, 3.05) is 7.11 Å². The molecule has 0 amide bonds. The zero-order valence-corrected chi connectivity index (χ0v) is 11.1. The number of methoxy groups -OCH3 is 1. The summed E-state index contributed by atoms with van der Waals surface area (Å²) >= 11 is 0. The Balaban J connectivity index is 2.44. The smallest absolute Gasteiger partial charge is 0.354 e. The standard InChI is InChI=1S/C14H16N2O3/c1-9(2)16-13(14(17)18)8-12(15-16)10-4-6-11(19-3)7-5-10/h4-9H,1-3H3,(H,17,18). The van der Waals surface area contributed by atoms with Gasteiger partial charge in [0.2, 0.25) is 0 Å². The van der Waals surface area contributed by atoms with Gasteiger partial charge in [-0.25, -0.2) is 4.79 Å². The average molecular weight is 260 g/mol. The Labute approximate surface area is 111 Å². The highest BCUT2D eigenvalue weighted by molar-refractivity contribution is 5.87. The number of hydrogen-bond acceptors (Lipinski definition) is 3. The van der Waals surface area contributed by atoms with E-state index in [2.05, 4.69) is 5.10 Å². The second kappa shape index (κ2) is 5.14. The summed E-state index contributed by atoms with van der Waals surface area (Å²) < 4.78 is 6.61. The maximum atomic E-state index is 11.2. The Morgan fingerprint density at radius 2 is 1.95 bits per heavy atom. The molecule has 0 saturated heterocycles. The molecule has 0 aliphatic carbocycles. The van der Waals surface area contributed by atoms with E-state index in [9.17, 15) is 9.90 Å². The summed E-state index contributed by atoms with van der Waals surface area (Å²) in [5, 5.41) is 13.5. The molecular formula is C14H16N2O3. The fourth-order valence-corrected chi connectivity index (χ4v) is 1.85. The number of aromatic carboxylic acids is 1. The number of carboxylic acids is 1. The number of ether oxygens (including phenoxy) is 1. The van der Waals surface area contributed by atoms with Gasteiger partial charge in [-0.3, -0.25) is 4.68 Å². The minimum absolute atomic E-state index is 0.00176. The molecule has 0 aliphatic heterocycles. The van der Waals surface area contributed by atoms with Crippen LogP contribution in [0.2, 0.25) is 0 Å². The summed E-state index contributed by atoms with van der Waals surface area (Å²) in [4.78, 5) is 11.2. The van der Waals surface area contributed by atoms with E-state index in [1.165, 1.54) is 4.68 Å². The molecule has 100 valence electrons. The third-order valence-electron chi connectivity index (χ3n) is 2.83. The largest absolute Gasteiger partial charge is 0.497 e. The molecule has 0 saturated carbocycles. The van der Waals surface area contributed by atoms with Gasteiger partial charge in [0.25, 0.3) is 0 Å². The Morgan fingerprint density at radius 1 is 1.32 bits per heavy atom. The lowest BCUT2D eigenvalue weighted by Gasteiger charge is -2.07. The Morgan fingerprint density at radius 3 is 2.37 bits per heavy atom. The number of benzene rings is 1. The minimum Gasteiger partial charge on any atom is -0.497 e. The van der Waals surface area contributed by atoms with Crippen molar-refractivity contribution >= 4 is 5.97 Å². The fraction of sp³-hybridized carbons (Fsp3) is 0.286. The maximum absolute atomic E-state index is 11.2. The number of carboxylic acid groups (broad SMARTS) is 1. The monoisotopic (exact) mass is 260 g/mol. The van der Waals surface area contributed by atoms with Crippen LogP contribution in [0.3, 0.4) is 0 Å². The Bertz CT molecular complexity index is 585. The molecule has 0 spiro atoms. The van der Waals surface area contributed by atoms with Crippen LogP contribution < -0.4 is 4.74 Å². The number of hydrogen-bond donors (Lipinski definition) is 1. The molecule has 0 atom stereocenters. The van der Waals surface area contributed by atoms with Gasteiger partial charge in [0.05, 0.1) is 12.8 Å². The molecule has 0 unspecified atom stereocenters. The zero-order chi connectivity index (χ0) is 14.0. The SMILES string of the molecule is COc1ccc(-c2cc(C(=O)O)n(C(C)C)n2)cc1. The van der Waals surface area contributed by atoms with Crippen molar-refractivity contribution in [3.8, 4) is 17.0 Å². The van der Waals surface area contributed by atoms with E-state index in [1.807, 2.05) is 38.1 Å². The molecule has 1 aromatic carbocycles. The third kappa shape index (κ3) is 2.59. The molecule has 1 aromatic heterocycles. The predicted molar refractivity (Wildman–Crippen MR) is 71.6 cm³/mol. The average Bonchev–Trinajstić information content (AvgIpc) is 2.84. The lowest BCUT2D eigenvalue weighted by atomic mass is 10.1. The Hall–Kier alpha value is -2.30. The van der Waals surface area contributed by atoms with Gasteiger partial charge in [0, 0.05) is 11.6 Å². The summed E-state index contributed by atoms with van der Waals surface area (Å²) in [7, 11) is 1.60. The van der Waals surface area contributed by atoms with Crippen LogP contribution in [0.4, 0.5) is 0 Å². The molecule has 0 fully saturated rings. The summed E-state index contributed by atoms with van der Waals surface area (Å²) in [5.41, 5.74) is 1.71. The van der Waals surface area contributed by atoms with E-state index in [4.69, 9.17) is 4.74 Å². The molecule has 5 nitrogen and oxygen atoms in total. The van der Waals surface area contributed by atoms with Gasteiger partial charge in [-0.2, -0.15) is 5.10 Å². The summed E-state index contributed by atoms with van der Waals surface area (Å²) in [6, 6.07) is 8.95. The fourth-order valence-electron chi connectivity index (χ4n) is 1.85. The first-order valence-electron chi connectivity index (χ1n) is 6.00. The van der Waals surface area contributed by atoms with Crippen molar-refractivity contribution in [3.63, 3.8) is 0 Å². The van der Waals surface area contributed by atoms with Gasteiger partial charge in [0.1, 0.15) is 11.4 Å². The number of rotatable bonds is 4. The summed E-state index contributed by atoms with van der Waals surface area (Å²) in [6.07, 6.45) is 0. The molecule has 5 heteroatoms. The highest BCUT2D eigenvalue weighted by Gasteiger charge is 2.17. The number of carbonyl (C=O) groups is 1. The van der Waals surface area contributed by atoms with Crippen molar-refractivity contribution in [1.82, 2.24) is 9.78 Å². The van der Waals surface area contributed by atoms with Crippen molar-refractivity contribution in [2.24, 2.45) is 0 Å². The van der Waals surface area contributed by atoms with Crippen LogP contribution in [0.25, 0.3) is 11.3 Å². The van der Waals surface area contributed by atoms with Crippen LogP contribution in [-0.4, -0.2) is 28.0 Å². The molecule has 1 N–H and O–H groups in total. The van der Waals surface area contributed by atoms with Gasteiger partial charge >= 0.3 is 5.97 Å². The van der Waals surface area contributed by atoms with Gasteiger partial charge in [0.15, 0.2) is 0 Å². The third-order valence-corrected chi connectivity index (χ3v) is 2.83. The van der Waals surface area contributed by atoms with E-state index < -0.39 is 5.97 Å². The second-order valence-electron chi connectivity index (χ2n) is 4.49. The summed E-state index contributed by atoms with van der Waals surface area (Å²) in [6.45, 7) is 3.80. The molecular weight excluding hydrogens is 244 g/mol. The van der Waals surface area contributed by atoms with Gasteiger partial charge < -0.3 is 9.84 Å². The lowest BCUT2D eigenvalue weighted by molar-refractivity contribution is 0.0681. The first-order chi connectivity index (χ1) is 9.02. The van der Waals surface area contributed by atoms with Gasteiger partial charge in [-0.1, -0.05) is 0 Å². The second-order valence-corrected chi connectivity index (χ2v) is 4.49. The van der Waals surface area contributed by atoms with E-state index in [1.54, 1.807) is 13.2 Å². The molecule has 2 aromatic rings. The maximum Gasteiger partial charge on any atom is 0.354 e. The van der Waals surface area contributed by atoms with E-state index in [0.717, 1.165) is 11.3 Å².